The summed E-state index contributed by atoms with van der Waals surface area (Å²) < 4.78 is 0. The Hall–Kier alpha value is -2.21. The quantitative estimate of drug-likeness (QED) is 0.909. The Balaban J connectivity index is 1.53. The van der Waals surface area contributed by atoms with Crippen molar-refractivity contribution in [2.45, 2.75) is 13.0 Å². The summed E-state index contributed by atoms with van der Waals surface area (Å²) >= 11 is 1.65. The molecule has 2 heterocycles. The summed E-state index contributed by atoms with van der Waals surface area (Å²) in [5, 5.41) is 14.6. The Labute approximate surface area is 140 Å². The Bertz CT molecular complexity index is 652. The van der Waals surface area contributed by atoms with Crippen LogP contribution in [0.1, 0.15) is 17.8 Å². The number of nitrogens with zero attached hydrogens (tertiary/aromatic N) is 2. The van der Waals surface area contributed by atoms with Gasteiger partial charge in [-0.2, -0.15) is 0 Å². The van der Waals surface area contributed by atoms with Gasteiger partial charge < -0.3 is 20.2 Å². The summed E-state index contributed by atoms with van der Waals surface area (Å²) in [6.07, 6.45) is 0. The number of thiophene rings is 1. The third kappa shape index (κ3) is 3.76. The van der Waals surface area contributed by atoms with Crippen LogP contribution < -0.4 is 10.2 Å². The molecule has 122 valence electrons. The number of carbonyl (C=O) groups is 1. The van der Waals surface area contributed by atoms with Crippen LogP contribution in [-0.4, -0.2) is 42.2 Å². The highest BCUT2D eigenvalue weighted by Crippen LogP contribution is 2.22. The van der Waals surface area contributed by atoms with Gasteiger partial charge in [-0.25, -0.2) is 4.79 Å². The van der Waals surface area contributed by atoms with E-state index in [1.165, 1.54) is 0 Å². The zero-order valence-electron chi connectivity index (χ0n) is 13.1. The number of phenols is 1. The molecular weight excluding hydrogens is 310 g/mol. The van der Waals surface area contributed by atoms with Gasteiger partial charge in [0.05, 0.1) is 6.04 Å². The first kappa shape index (κ1) is 15.7. The number of aromatic hydroxyl groups is 1. The second kappa shape index (κ2) is 6.91. The molecule has 2 aromatic rings. The van der Waals surface area contributed by atoms with E-state index in [0.717, 1.165) is 23.7 Å². The lowest BCUT2D eigenvalue weighted by Gasteiger charge is -2.36. The minimum atomic E-state index is -0.0125. The molecule has 1 aromatic carbocycles. The van der Waals surface area contributed by atoms with Gasteiger partial charge in [0.1, 0.15) is 5.75 Å². The lowest BCUT2D eigenvalue weighted by molar-refractivity contribution is 0.191. The number of carbonyl (C=O) groups excluding carboxylic acids is 1. The molecule has 1 unspecified atom stereocenters. The van der Waals surface area contributed by atoms with Crippen LogP contribution in [0.4, 0.5) is 10.5 Å². The van der Waals surface area contributed by atoms with E-state index in [1.807, 2.05) is 41.5 Å². The molecule has 1 aliphatic heterocycles. The molecule has 1 saturated heterocycles. The van der Waals surface area contributed by atoms with Gasteiger partial charge in [0.25, 0.3) is 0 Å². The van der Waals surface area contributed by atoms with Crippen molar-refractivity contribution in [3.05, 3.63) is 46.7 Å². The van der Waals surface area contributed by atoms with E-state index in [9.17, 15) is 9.90 Å². The average Bonchev–Trinajstić information content (AvgIpc) is 3.09. The first-order valence-corrected chi connectivity index (χ1v) is 8.64. The Morgan fingerprint density at radius 2 is 2.00 bits per heavy atom. The smallest absolute Gasteiger partial charge is 0.318 e. The Morgan fingerprint density at radius 3 is 2.65 bits per heavy atom. The highest BCUT2D eigenvalue weighted by molar-refractivity contribution is 7.10. The predicted octanol–water partition coefficient (Wildman–Crippen LogP) is 3.05. The second-order valence-corrected chi connectivity index (χ2v) is 6.66. The number of phenolic OH excluding ortho intramolecular Hbond substituents is 1. The zero-order valence-corrected chi connectivity index (χ0v) is 13.9. The number of piperazine rings is 1. The molecule has 5 nitrogen and oxygen atoms in total. The van der Waals surface area contributed by atoms with Crippen LogP contribution in [0.5, 0.6) is 5.75 Å². The Kier molecular flexibility index (Phi) is 4.71. The summed E-state index contributed by atoms with van der Waals surface area (Å²) in [7, 11) is 0. The van der Waals surface area contributed by atoms with Crippen molar-refractivity contribution in [3.63, 3.8) is 0 Å². The van der Waals surface area contributed by atoms with Gasteiger partial charge in [0.2, 0.25) is 0 Å². The lowest BCUT2D eigenvalue weighted by Crippen LogP contribution is -2.52. The summed E-state index contributed by atoms with van der Waals surface area (Å²) in [5.41, 5.74) is 0.997. The van der Waals surface area contributed by atoms with Gasteiger partial charge >= 0.3 is 6.03 Å². The maximum Gasteiger partial charge on any atom is 0.318 e. The van der Waals surface area contributed by atoms with Crippen molar-refractivity contribution in [1.29, 1.82) is 0 Å². The molecule has 2 amide bonds. The molecule has 1 atom stereocenters. The van der Waals surface area contributed by atoms with Crippen LogP contribution in [0.3, 0.4) is 0 Å². The fraction of sp³-hybridized carbons (Fsp3) is 0.353. The fourth-order valence-electron chi connectivity index (χ4n) is 2.74. The van der Waals surface area contributed by atoms with Crippen LogP contribution in [-0.2, 0) is 0 Å². The normalized spacial score (nSPS) is 16.2. The Morgan fingerprint density at radius 1 is 1.22 bits per heavy atom. The van der Waals surface area contributed by atoms with Crippen molar-refractivity contribution < 1.29 is 9.90 Å². The van der Waals surface area contributed by atoms with E-state index in [2.05, 4.69) is 10.2 Å². The molecule has 1 fully saturated rings. The molecule has 2 N–H and O–H groups in total. The SMILES string of the molecule is CC(NC(=O)N1CCN(c2cccc(O)c2)CC1)c1cccs1. The van der Waals surface area contributed by atoms with Crippen molar-refractivity contribution in [2.24, 2.45) is 0 Å². The first-order valence-electron chi connectivity index (χ1n) is 7.76. The van der Waals surface area contributed by atoms with E-state index in [1.54, 1.807) is 23.5 Å². The van der Waals surface area contributed by atoms with Crippen molar-refractivity contribution in [3.8, 4) is 5.75 Å². The van der Waals surface area contributed by atoms with Gasteiger partial charge in [-0.15, -0.1) is 11.3 Å². The molecule has 6 heteroatoms. The van der Waals surface area contributed by atoms with Crippen molar-refractivity contribution in [1.82, 2.24) is 10.2 Å². The van der Waals surface area contributed by atoms with Crippen LogP contribution in [0, 0.1) is 0 Å². The minimum absolute atomic E-state index is 0.0125. The van der Waals surface area contributed by atoms with Gasteiger partial charge in [0, 0.05) is 42.8 Å². The van der Waals surface area contributed by atoms with Crippen LogP contribution in [0.15, 0.2) is 41.8 Å². The van der Waals surface area contributed by atoms with Gasteiger partial charge in [0.15, 0.2) is 0 Å². The van der Waals surface area contributed by atoms with Crippen LogP contribution in [0.25, 0.3) is 0 Å². The molecule has 0 saturated carbocycles. The van der Waals surface area contributed by atoms with Crippen molar-refractivity contribution in [2.75, 3.05) is 31.1 Å². The number of anilines is 1. The number of hydrogen-bond acceptors (Lipinski definition) is 4. The van der Waals surface area contributed by atoms with E-state index in [0.29, 0.717) is 13.1 Å². The number of rotatable bonds is 3. The van der Waals surface area contributed by atoms with Crippen LogP contribution in [0.2, 0.25) is 0 Å². The van der Waals surface area contributed by atoms with E-state index in [-0.39, 0.29) is 17.8 Å². The monoisotopic (exact) mass is 331 g/mol. The largest absolute Gasteiger partial charge is 0.508 e. The second-order valence-electron chi connectivity index (χ2n) is 5.68. The van der Waals surface area contributed by atoms with E-state index in [4.69, 9.17) is 0 Å². The van der Waals surface area contributed by atoms with Crippen molar-refractivity contribution >= 4 is 23.1 Å². The lowest BCUT2D eigenvalue weighted by atomic mass is 10.2. The molecule has 1 aromatic heterocycles. The molecule has 3 rings (SSSR count). The summed E-state index contributed by atoms with van der Waals surface area (Å²) in [4.78, 5) is 17.6. The third-order valence-electron chi connectivity index (χ3n) is 4.07. The molecule has 0 bridgehead atoms. The zero-order chi connectivity index (χ0) is 16.2. The van der Waals surface area contributed by atoms with Crippen LogP contribution >= 0.6 is 11.3 Å². The predicted molar refractivity (Wildman–Crippen MR) is 93.2 cm³/mol. The van der Waals surface area contributed by atoms with Gasteiger partial charge in [-0.3, -0.25) is 0 Å². The molecular formula is C17H21N3O2S. The topological polar surface area (TPSA) is 55.8 Å². The average molecular weight is 331 g/mol. The fourth-order valence-corrected chi connectivity index (χ4v) is 3.48. The minimum Gasteiger partial charge on any atom is -0.508 e. The maximum atomic E-state index is 12.4. The summed E-state index contributed by atoms with van der Waals surface area (Å²) in [6.45, 7) is 4.90. The standard InChI is InChI=1S/C17H21N3O2S/c1-13(16-6-3-11-23-16)18-17(22)20-9-7-19(8-10-20)14-4-2-5-15(21)12-14/h2-6,11-13,21H,7-10H2,1H3,(H,18,22). The number of amides is 2. The number of benzene rings is 1. The van der Waals surface area contributed by atoms with Gasteiger partial charge in [-0.05, 0) is 30.5 Å². The molecule has 23 heavy (non-hydrogen) atoms. The number of nitrogens with one attached hydrogen (secondary N) is 1. The summed E-state index contributed by atoms with van der Waals surface area (Å²) in [6, 6.07) is 11.3. The molecule has 1 aliphatic rings. The maximum absolute atomic E-state index is 12.4. The highest BCUT2D eigenvalue weighted by atomic mass is 32.1. The third-order valence-corrected chi connectivity index (χ3v) is 5.13. The molecule has 0 radical (unpaired) electrons. The molecule has 0 spiro atoms. The highest BCUT2D eigenvalue weighted by Gasteiger charge is 2.22. The van der Waals surface area contributed by atoms with E-state index >= 15 is 0 Å². The van der Waals surface area contributed by atoms with Gasteiger partial charge in [-0.1, -0.05) is 12.1 Å². The first-order chi connectivity index (χ1) is 11.1. The van der Waals surface area contributed by atoms with E-state index < -0.39 is 0 Å². The summed E-state index contributed by atoms with van der Waals surface area (Å²) in [5.74, 6) is 0.271. The molecule has 0 aliphatic carbocycles. The number of urea groups is 1. The number of hydrogen-bond donors (Lipinski definition) is 2.